The number of morpholine rings is 1. The van der Waals surface area contributed by atoms with E-state index in [1.807, 2.05) is 0 Å². The quantitative estimate of drug-likeness (QED) is 0.669. The van der Waals surface area contributed by atoms with E-state index >= 15 is 0 Å². The van der Waals surface area contributed by atoms with Crippen LogP contribution in [0.3, 0.4) is 0 Å². The highest BCUT2D eigenvalue weighted by Gasteiger charge is 2.23. The number of hydrogen-bond donors (Lipinski definition) is 3. The van der Waals surface area contributed by atoms with Gasteiger partial charge in [0.05, 0.1) is 19.3 Å². The molecule has 0 unspecified atom stereocenters. The number of halogens is 1. The molecule has 0 saturated carbocycles. The van der Waals surface area contributed by atoms with Crippen molar-refractivity contribution in [1.82, 2.24) is 15.5 Å². The third-order valence-electron chi connectivity index (χ3n) is 3.89. The monoisotopic (exact) mass is 338 g/mol. The molecular weight excluding hydrogens is 315 g/mol. The minimum absolute atomic E-state index is 0.0532. The Bertz CT molecular complexity index is 547. The second kappa shape index (κ2) is 9.19. The van der Waals surface area contributed by atoms with Crippen molar-refractivity contribution >= 4 is 11.9 Å². The van der Waals surface area contributed by atoms with Gasteiger partial charge in [-0.05, 0) is 17.7 Å². The van der Waals surface area contributed by atoms with Gasteiger partial charge in [0.1, 0.15) is 5.82 Å². The number of rotatable bonds is 7. The normalized spacial score (nSPS) is 16.4. The molecule has 1 aromatic carbocycles. The lowest BCUT2D eigenvalue weighted by Gasteiger charge is -2.35. The van der Waals surface area contributed by atoms with Gasteiger partial charge in [0.15, 0.2) is 0 Å². The fourth-order valence-corrected chi connectivity index (χ4v) is 2.63. The van der Waals surface area contributed by atoms with E-state index in [9.17, 15) is 14.0 Å². The second-order valence-corrected chi connectivity index (χ2v) is 5.56. The summed E-state index contributed by atoms with van der Waals surface area (Å²) < 4.78 is 18.5. The van der Waals surface area contributed by atoms with Gasteiger partial charge in [0.25, 0.3) is 0 Å². The van der Waals surface area contributed by atoms with E-state index in [2.05, 4.69) is 15.5 Å². The fraction of sp³-hybridized carbons (Fsp3) is 0.500. The Morgan fingerprint density at radius 1 is 1.21 bits per heavy atom. The average Bonchev–Trinajstić information content (AvgIpc) is 2.57. The van der Waals surface area contributed by atoms with Crippen LogP contribution in [-0.4, -0.2) is 56.2 Å². The molecule has 1 aromatic rings. The minimum Gasteiger partial charge on any atom is -0.379 e. The summed E-state index contributed by atoms with van der Waals surface area (Å²) in [5.74, 6) is -0.467. The predicted octanol–water partition coefficient (Wildman–Crippen LogP) is 0.374. The lowest BCUT2D eigenvalue weighted by atomic mass is 10.0. The number of hydrogen-bond acceptors (Lipinski definition) is 4. The van der Waals surface area contributed by atoms with E-state index < -0.39 is 6.03 Å². The van der Waals surface area contributed by atoms with Crippen molar-refractivity contribution in [2.75, 3.05) is 39.4 Å². The molecule has 132 valence electrons. The van der Waals surface area contributed by atoms with E-state index in [0.29, 0.717) is 19.8 Å². The molecule has 1 saturated heterocycles. The number of urea groups is 1. The van der Waals surface area contributed by atoms with Crippen molar-refractivity contribution in [3.8, 4) is 0 Å². The van der Waals surface area contributed by atoms with Crippen LogP contribution in [0, 0.1) is 5.82 Å². The van der Waals surface area contributed by atoms with Crippen molar-refractivity contribution in [3.05, 3.63) is 35.6 Å². The van der Waals surface area contributed by atoms with Crippen molar-refractivity contribution in [2.45, 2.75) is 12.5 Å². The summed E-state index contributed by atoms with van der Waals surface area (Å²) in [6.45, 7) is 3.37. The van der Waals surface area contributed by atoms with Gasteiger partial charge in [-0.15, -0.1) is 0 Å². The SMILES string of the molecule is NC(=O)NCCC(=O)NC[C@@H](c1ccc(F)cc1)N1CCOCC1. The highest BCUT2D eigenvalue weighted by atomic mass is 19.1. The van der Waals surface area contributed by atoms with Crippen molar-refractivity contribution in [2.24, 2.45) is 5.73 Å². The topological polar surface area (TPSA) is 96.7 Å². The molecule has 1 aliphatic rings. The van der Waals surface area contributed by atoms with Gasteiger partial charge < -0.3 is 21.1 Å². The second-order valence-electron chi connectivity index (χ2n) is 5.56. The lowest BCUT2D eigenvalue weighted by molar-refractivity contribution is -0.121. The Hall–Kier alpha value is -2.19. The Morgan fingerprint density at radius 3 is 2.50 bits per heavy atom. The van der Waals surface area contributed by atoms with Gasteiger partial charge in [-0.3, -0.25) is 9.69 Å². The summed E-state index contributed by atoms with van der Waals surface area (Å²) in [5, 5.41) is 5.23. The Labute approximate surface area is 140 Å². The molecule has 0 aliphatic carbocycles. The average molecular weight is 338 g/mol. The number of carbonyl (C=O) groups is 2. The van der Waals surface area contributed by atoms with Crippen LogP contribution in [-0.2, 0) is 9.53 Å². The van der Waals surface area contributed by atoms with E-state index in [4.69, 9.17) is 10.5 Å². The molecular formula is C16H23FN4O3. The molecule has 3 amide bonds. The van der Waals surface area contributed by atoms with Crippen molar-refractivity contribution in [1.29, 1.82) is 0 Å². The zero-order valence-electron chi connectivity index (χ0n) is 13.5. The number of carbonyl (C=O) groups excluding carboxylic acids is 2. The predicted molar refractivity (Wildman–Crippen MR) is 86.7 cm³/mol. The lowest BCUT2D eigenvalue weighted by Crippen LogP contribution is -2.44. The van der Waals surface area contributed by atoms with Crippen molar-refractivity contribution in [3.63, 3.8) is 0 Å². The maximum Gasteiger partial charge on any atom is 0.312 e. The summed E-state index contributed by atoms with van der Waals surface area (Å²) in [4.78, 5) is 24.7. The van der Waals surface area contributed by atoms with E-state index in [-0.39, 0.29) is 30.7 Å². The number of benzene rings is 1. The molecule has 4 N–H and O–H groups in total. The maximum absolute atomic E-state index is 13.2. The molecule has 0 bridgehead atoms. The molecule has 2 rings (SSSR count). The van der Waals surface area contributed by atoms with Crippen LogP contribution in [0.15, 0.2) is 24.3 Å². The zero-order chi connectivity index (χ0) is 17.4. The molecule has 1 atom stereocenters. The molecule has 1 aliphatic heterocycles. The number of primary amides is 1. The molecule has 24 heavy (non-hydrogen) atoms. The summed E-state index contributed by atoms with van der Waals surface area (Å²) >= 11 is 0. The van der Waals surface area contributed by atoms with Crippen LogP contribution < -0.4 is 16.4 Å². The Balaban J connectivity index is 1.94. The number of ether oxygens (including phenoxy) is 1. The van der Waals surface area contributed by atoms with Gasteiger partial charge in [0, 0.05) is 32.6 Å². The van der Waals surface area contributed by atoms with Gasteiger partial charge in [-0.2, -0.15) is 0 Å². The van der Waals surface area contributed by atoms with Gasteiger partial charge in [0.2, 0.25) is 5.91 Å². The van der Waals surface area contributed by atoms with Gasteiger partial charge in [-0.25, -0.2) is 9.18 Å². The number of amides is 3. The summed E-state index contributed by atoms with van der Waals surface area (Å²) in [5.41, 5.74) is 5.89. The third kappa shape index (κ3) is 5.78. The number of nitrogens with two attached hydrogens (primary N) is 1. The molecule has 0 aromatic heterocycles. The zero-order valence-corrected chi connectivity index (χ0v) is 13.5. The molecule has 1 heterocycles. The summed E-state index contributed by atoms with van der Waals surface area (Å²) in [7, 11) is 0. The first-order chi connectivity index (χ1) is 11.6. The fourth-order valence-electron chi connectivity index (χ4n) is 2.63. The third-order valence-corrected chi connectivity index (χ3v) is 3.89. The number of nitrogens with one attached hydrogen (secondary N) is 2. The van der Waals surface area contributed by atoms with Crippen LogP contribution in [0.25, 0.3) is 0 Å². The summed E-state index contributed by atoms with van der Waals surface area (Å²) in [6.07, 6.45) is 0.155. The van der Waals surface area contributed by atoms with Crippen LogP contribution in [0.5, 0.6) is 0 Å². The molecule has 0 spiro atoms. The molecule has 8 heteroatoms. The summed E-state index contributed by atoms with van der Waals surface area (Å²) in [6, 6.07) is 5.60. The van der Waals surface area contributed by atoms with Crippen LogP contribution >= 0.6 is 0 Å². The number of nitrogens with zero attached hydrogens (tertiary/aromatic N) is 1. The Kier molecular flexibility index (Phi) is 6.95. The minimum atomic E-state index is -0.652. The van der Waals surface area contributed by atoms with Crippen LogP contribution in [0.2, 0.25) is 0 Å². The van der Waals surface area contributed by atoms with E-state index in [1.54, 1.807) is 12.1 Å². The largest absolute Gasteiger partial charge is 0.379 e. The van der Waals surface area contributed by atoms with Crippen molar-refractivity contribution < 1.29 is 18.7 Å². The first kappa shape index (κ1) is 18.2. The standard InChI is InChI=1S/C16H23FN4O3/c17-13-3-1-12(2-4-13)14(21-7-9-24-10-8-21)11-20-15(22)5-6-19-16(18)23/h1-4,14H,5-11H2,(H,20,22)(H3,18,19,23)/t14-/m0/s1. The van der Waals surface area contributed by atoms with E-state index in [1.165, 1.54) is 12.1 Å². The van der Waals surface area contributed by atoms with Crippen LogP contribution in [0.4, 0.5) is 9.18 Å². The smallest absolute Gasteiger partial charge is 0.312 e. The first-order valence-electron chi connectivity index (χ1n) is 7.93. The van der Waals surface area contributed by atoms with Gasteiger partial charge in [-0.1, -0.05) is 12.1 Å². The molecule has 0 radical (unpaired) electrons. The maximum atomic E-state index is 13.2. The molecule has 7 nitrogen and oxygen atoms in total. The van der Waals surface area contributed by atoms with Crippen LogP contribution in [0.1, 0.15) is 18.0 Å². The highest BCUT2D eigenvalue weighted by molar-refractivity contribution is 5.77. The molecule has 1 fully saturated rings. The Morgan fingerprint density at radius 2 is 1.88 bits per heavy atom. The van der Waals surface area contributed by atoms with Gasteiger partial charge >= 0.3 is 6.03 Å². The van der Waals surface area contributed by atoms with E-state index in [0.717, 1.165) is 18.7 Å². The highest BCUT2D eigenvalue weighted by Crippen LogP contribution is 2.21. The first-order valence-corrected chi connectivity index (χ1v) is 7.93.